The second-order valence-corrected chi connectivity index (χ2v) is 1.91. The van der Waals surface area contributed by atoms with Crippen LogP contribution >= 0.6 is 0 Å². The minimum atomic E-state index is -2.54. The molecular weight excluding hydrogens is 100 g/mol. The average Bonchev–Trinajstić information content (AvgIpc) is 1.63. The molecule has 1 aliphatic carbocycles. The van der Waals surface area contributed by atoms with Gasteiger partial charge in [-0.25, -0.2) is 8.78 Å². The molecule has 1 nitrogen and oxygen atoms in total. The Hall–Kier alpha value is -0.180. The second kappa shape index (κ2) is 1.15. The minimum absolute atomic E-state index is 0.0197. The second-order valence-electron chi connectivity index (χ2n) is 1.91. The molecule has 0 unspecified atom stereocenters. The topological polar surface area (TPSA) is 26.0 Å². The highest BCUT2D eigenvalue weighted by atomic mass is 19.3. The molecule has 0 saturated heterocycles. The van der Waals surface area contributed by atoms with Gasteiger partial charge < -0.3 is 5.73 Å². The number of hydrogen-bond acceptors (Lipinski definition) is 1. The van der Waals surface area contributed by atoms with E-state index < -0.39 is 12.0 Å². The van der Waals surface area contributed by atoms with E-state index >= 15 is 0 Å². The molecule has 0 aromatic carbocycles. The van der Waals surface area contributed by atoms with Gasteiger partial charge in [0.15, 0.2) is 0 Å². The van der Waals surface area contributed by atoms with Crippen LogP contribution in [0.5, 0.6) is 0 Å². The van der Waals surface area contributed by atoms with Crippen LogP contribution in [-0.4, -0.2) is 12.0 Å². The fraction of sp³-hybridized carbons (Fsp3) is 1.00. The Morgan fingerprint density at radius 2 is 2.00 bits per heavy atom. The fourth-order valence-electron chi connectivity index (χ4n) is 0.529. The van der Waals surface area contributed by atoms with E-state index in [2.05, 4.69) is 0 Å². The molecule has 2 N–H and O–H groups in total. The van der Waals surface area contributed by atoms with Gasteiger partial charge >= 0.3 is 0 Å². The first-order chi connectivity index (χ1) is 3.13. The maximum absolute atomic E-state index is 11.8. The van der Waals surface area contributed by atoms with Gasteiger partial charge in [0.2, 0.25) is 0 Å². The molecule has 42 valence electrons. The Balaban J connectivity index is 2.43. The zero-order chi connectivity index (χ0) is 5.49. The standard InChI is InChI=1S/C4H7F2N/c5-4(6)2-1-3(4)7/h3H,1-2,7H2/t3-/m0/s1. The van der Waals surface area contributed by atoms with Crippen LogP contribution in [0.4, 0.5) is 8.78 Å². The normalized spacial score (nSPS) is 37.3. The Morgan fingerprint density at radius 3 is 2.00 bits per heavy atom. The van der Waals surface area contributed by atoms with Gasteiger partial charge in [-0.1, -0.05) is 0 Å². The Bertz CT molecular complexity index is 81.8. The number of halogens is 2. The minimum Gasteiger partial charge on any atom is -0.323 e. The van der Waals surface area contributed by atoms with E-state index in [1.54, 1.807) is 0 Å². The molecule has 0 aromatic heterocycles. The van der Waals surface area contributed by atoms with Crippen molar-refractivity contribution in [2.75, 3.05) is 0 Å². The Labute approximate surface area is 40.5 Å². The summed E-state index contributed by atoms with van der Waals surface area (Å²) in [6, 6.07) is -0.854. The molecular formula is C4H7F2N. The van der Waals surface area contributed by atoms with Gasteiger partial charge in [-0.05, 0) is 6.42 Å². The van der Waals surface area contributed by atoms with E-state index in [1.165, 1.54) is 0 Å². The van der Waals surface area contributed by atoms with Crippen molar-refractivity contribution in [1.29, 1.82) is 0 Å². The number of rotatable bonds is 0. The summed E-state index contributed by atoms with van der Waals surface area (Å²) in [6.07, 6.45) is 0.459. The SMILES string of the molecule is N[C@H]1CCC1(F)F. The molecule has 1 fully saturated rings. The molecule has 7 heavy (non-hydrogen) atoms. The van der Waals surface area contributed by atoms with Gasteiger partial charge in [0.05, 0.1) is 6.04 Å². The van der Waals surface area contributed by atoms with E-state index in [4.69, 9.17) is 5.73 Å². The molecule has 0 heterocycles. The highest BCUT2D eigenvalue weighted by molar-refractivity contribution is 4.90. The lowest BCUT2D eigenvalue weighted by Gasteiger charge is -2.32. The molecule has 0 spiro atoms. The molecule has 3 heteroatoms. The average molecular weight is 107 g/mol. The lowest BCUT2D eigenvalue weighted by molar-refractivity contribution is -0.0921. The molecule has 0 bridgehead atoms. The van der Waals surface area contributed by atoms with Crippen LogP contribution in [-0.2, 0) is 0 Å². The van der Waals surface area contributed by atoms with Gasteiger partial charge in [0.25, 0.3) is 5.92 Å². The first-order valence-corrected chi connectivity index (χ1v) is 2.26. The summed E-state index contributed by atoms with van der Waals surface area (Å²) in [5.41, 5.74) is 4.91. The summed E-state index contributed by atoms with van der Waals surface area (Å²) in [5, 5.41) is 0. The third kappa shape index (κ3) is 0.608. The maximum atomic E-state index is 11.8. The Kier molecular flexibility index (Phi) is 0.819. The van der Waals surface area contributed by atoms with Crippen LogP contribution < -0.4 is 5.73 Å². The Morgan fingerprint density at radius 1 is 1.57 bits per heavy atom. The van der Waals surface area contributed by atoms with Crippen molar-refractivity contribution < 1.29 is 8.78 Å². The van der Waals surface area contributed by atoms with E-state index in [-0.39, 0.29) is 6.42 Å². The lowest BCUT2D eigenvalue weighted by atomic mass is 9.89. The van der Waals surface area contributed by atoms with Crippen LogP contribution in [0.2, 0.25) is 0 Å². The third-order valence-electron chi connectivity index (χ3n) is 1.33. The van der Waals surface area contributed by atoms with Crippen LogP contribution in [0, 0.1) is 0 Å². The van der Waals surface area contributed by atoms with Crippen LogP contribution in [0.25, 0.3) is 0 Å². The summed E-state index contributed by atoms with van der Waals surface area (Å²) in [6.45, 7) is 0. The largest absolute Gasteiger partial charge is 0.323 e. The van der Waals surface area contributed by atoms with E-state index in [0.29, 0.717) is 6.42 Å². The monoisotopic (exact) mass is 107 g/mol. The molecule has 0 amide bonds. The highest BCUT2D eigenvalue weighted by Crippen LogP contribution is 2.35. The molecule has 0 aliphatic heterocycles. The van der Waals surface area contributed by atoms with Crippen molar-refractivity contribution in [3.05, 3.63) is 0 Å². The molecule has 1 saturated carbocycles. The predicted octanol–water partition coefficient (Wildman–Crippen LogP) is 0.743. The molecule has 0 aromatic rings. The van der Waals surface area contributed by atoms with Crippen LogP contribution in [0.1, 0.15) is 12.8 Å². The zero-order valence-corrected chi connectivity index (χ0v) is 3.82. The van der Waals surface area contributed by atoms with Crippen molar-refractivity contribution in [2.24, 2.45) is 5.73 Å². The number of nitrogens with two attached hydrogens (primary N) is 1. The fourth-order valence-corrected chi connectivity index (χ4v) is 0.529. The maximum Gasteiger partial charge on any atom is 0.262 e. The van der Waals surface area contributed by atoms with Gasteiger partial charge in [0, 0.05) is 6.42 Å². The van der Waals surface area contributed by atoms with E-state index in [9.17, 15) is 8.78 Å². The summed E-state index contributed by atoms with van der Waals surface area (Å²) >= 11 is 0. The van der Waals surface area contributed by atoms with Crippen LogP contribution in [0.15, 0.2) is 0 Å². The van der Waals surface area contributed by atoms with Gasteiger partial charge in [-0.15, -0.1) is 0 Å². The van der Waals surface area contributed by atoms with Gasteiger partial charge in [-0.2, -0.15) is 0 Å². The van der Waals surface area contributed by atoms with Crippen molar-refractivity contribution in [3.63, 3.8) is 0 Å². The lowest BCUT2D eigenvalue weighted by Crippen LogP contribution is -2.49. The molecule has 0 radical (unpaired) electrons. The van der Waals surface area contributed by atoms with Crippen molar-refractivity contribution in [3.8, 4) is 0 Å². The summed E-state index contributed by atoms with van der Waals surface area (Å²) < 4.78 is 23.6. The summed E-state index contributed by atoms with van der Waals surface area (Å²) in [7, 11) is 0. The highest BCUT2D eigenvalue weighted by Gasteiger charge is 2.45. The number of hydrogen-bond donors (Lipinski definition) is 1. The van der Waals surface area contributed by atoms with Crippen molar-refractivity contribution in [2.45, 2.75) is 24.8 Å². The van der Waals surface area contributed by atoms with Gasteiger partial charge in [0.1, 0.15) is 0 Å². The zero-order valence-electron chi connectivity index (χ0n) is 3.82. The first kappa shape index (κ1) is 4.97. The summed E-state index contributed by atoms with van der Waals surface area (Å²) in [4.78, 5) is 0. The third-order valence-corrected chi connectivity index (χ3v) is 1.33. The van der Waals surface area contributed by atoms with E-state index in [1.807, 2.05) is 0 Å². The first-order valence-electron chi connectivity index (χ1n) is 2.26. The molecule has 1 rings (SSSR count). The van der Waals surface area contributed by atoms with Crippen molar-refractivity contribution >= 4 is 0 Å². The smallest absolute Gasteiger partial charge is 0.262 e. The van der Waals surface area contributed by atoms with E-state index in [0.717, 1.165) is 0 Å². The van der Waals surface area contributed by atoms with Gasteiger partial charge in [-0.3, -0.25) is 0 Å². The van der Waals surface area contributed by atoms with Crippen molar-refractivity contribution in [1.82, 2.24) is 0 Å². The molecule has 1 atom stereocenters. The quantitative estimate of drug-likeness (QED) is 0.485. The summed E-state index contributed by atoms with van der Waals surface area (Å²) in [5.74, 6) is -2.54. The van der Waals surface area contributed by atoms with Crippen LogP contribution in [0.3, 0.4) is 0 Å². The molecule has 1 aliphatic rings. The predicted molar refractivity (Wildman–Crippen MR) is 22.2 cm³/mol. The number of alkyl halides is 2.